The van der Waals surface area contributed by atoms with Crippen molar-refractivity contribution in [3.05, 3.63) is 71.8 Å². The second-order valence-corrected chi connectivity index (χ2v) is 6.19. The van der Waals surface area contributed by atoms with Crippen molar-refractivity contribution in [3.8, 4) is 0 Å². The summed E-state index contributed by atoms with van der Waals surface area (Å²) < 4.78 is 5.58. The predicted octanol–water partition coefficient (Wildman–Crippen LogP) is 2.92. The summed E-state index contributed by atoms with van der Waals surface area (Å²) in [4.78, 5) is 23.9. The van der Waals surface area contributed by atoms with E-state index in [9.17, 15) is 9.59 Å². The van der Waals surface area contributed by atoms with E-state index >= 15 is 0 Å². The zero-order valence-electron chi connectivity index (χ0n) is 15.1. The van der Waals surface area contributed by atoms with Gasteiger partial charge in [-0.25, -0.2) is 0 Å². The van der Waals surface area contributed by atoms with E-state index in [0.29, 0.717) is 25.3 Å². The molecule has 0 spiro atoms. The first-order valence-corrected chi connectivity index (χ1v) is 8.89. The summed E-state index contributed by atoms with van der Waals surface area (Å²) in [5, 5.41) is 5.69. The van der Waals surface area contributed by atoms with Crippen LogP contribution in [0.5, 0.6) is 0 Å². The second kappa shape index (κ2) is 11.1. The van der Waals surface area contributed by atoms with E-state index in [1.807, 2.05) is 55.5 Å². The third-order valence-corrected chi connectivity index (χ3v) is 3.80. The first kappa shape index (κ1) is 19.7. The Bertz CT molecular complexity index is 674. The Morgan fingerprint density at radius 2 is 1.65 bits per heavy atom. The lowest BCUT2D eigenvalue weighted by atomic mass is 10.1. The molecule has 0 radical (unpaired) electrons. The molecule has 2 amide bonds. The second-order valence-electron chi connectivity index (χ2n) is 6.19. The molecule has 0 aromatic heterocycles. The van der Waals surface area contributed by atoms with E-state index in [2.05, 4.69) is 10.6 Å². The molecule has 0 heterocycles. The molecule has 0 aliphatic heterocycles. The summed E-state index contributed by atoms with van der Waals surface area (Å²) in [5.41, 5.74) is 1.73. The summed E-state index contributed by atoms with van der Waals surface area (Å²) in [5.74, 6) is -0.242. The molecule has 0 bridgehead atoms. The highest BCUT2D eigenvalue weighted by Gasteiger charge is 2.12. The normalized spacial score (nSPS) is 11.6. The van der Waals surface area contributed by atoms with Crippen LogP contribution in [0.3, 0.4) is 0 Å². The van der Waals surface area contributed by atoms with Crippen molar-refractivity contribution in [2.45, 2.75) is 32.4 Å². The molecule has 0 saturated heterocycles. The third-order valence-electron chi connectivity index (χ3n) is 3.80. The summed E-state index contributed by atoms with van der Waals surface area (Å²) in [6.07, 6.45) is 1.01. The van der Waals surface area contributed by atoms with Gasteiger partial charge in [0.2, 0.25) is 5.91 Å². The van der Waals surface area contributed by atoms with Crippen LogP contribution < -0.4 is 10.6 Å². The van der Waals surface area contributed by atoms with Crippen molar-refractivity contribution >= 4 is 11.8 Å². The standard InChI is InChI=1S/C21H26N2O3/c1-17(23-21(25)19-11-6-3-7-12-19)15-20(24)22-13-8-14-26-16-18-9-4-2-5-10-18/h2-7,9-12,17H,8,13-16H2,1H3,(H,22,24)(H,23,25). The number of hydrogen-bond acceptors (Lipinski definition) is 3. The number of benzene rings is 2. The first-order valence-electron chi connectivity index (χ1n) is 8.89. The lowest BCUT2D eigenvalue weighted by molar-refractivity contribution is -0.121. The molecule has 0 fully saturated rings. The van der Waals surface area contributed by atoms with E-state index in [1.54, 1.807) is 12.1 Å². The fourth-order valence-corrected chi connectivity index (χ4v) is 2.46. The van der Waals surface area contributed by atoms with Crippen LogP contribution in [-0.2, 0) is 16.1 Å². The summed E-state index contributed by atoms with van der Waals surface area (Å²) in [6.45, 7) is 3.56. The molecule has 2 rings (SSSR count). The minimum Gasteiger partial charge on any atom is -0.377 e. The van der Waals surface area contributed by atoms with E-state index in [0.717, 1.165) is 12.0 Å². The molecule has 2 aromatic carbocycles. The van der Waals surface area contributed by atoms with Crippen LogP contribution in [0.4, 0.5) is 0 Å². The van der Waals surface area contributed by atoms with Crippen molar-refractivity contribution in [2.75, 3.05) is 13.2 Å². The molecule has 2 aromatic rings. The van der Waals surface area contributed by atoms with Crippen LogP contribution in [0.25, 0.3) is 0 Å². The maximum absolute atomic E-state index is 12.0. The Morgan fingerprint density at radius 1 is 1.00 bits per heavy atom. The number of carbonyl (C=O) groups is 2. The molecule has 0 saturated carbocycles. The zero-order valence-corrected chi connectivity index (χ0v) is 15.1. The minimum absolute atomic E-state index is 0.0751. The van der Waals surface area contributed by atoms with Crippen LogP contribution in [0, 0.1) is 0 Å². The number of ether oxygens (including phenoxy) is 1. The van der Waals surface area contributed by atoms with Crippen molar-refractivity contribution in [2.24, 2.45) is 0 Å². The van der Waals surface area contributed by atoms with Crippen LogP contribution >= 0.6 is 0 Å². The van der Waals surface area contributed by atoms with Crippen molar-refractivity contribution < 1.29 is 14.3 Å². The Morgan fingerprint density at radius 3 is 2.35 bits per heavy atom. The van der Waals surface area contributed by atoms with Crippen molar-refractivity contribution in [3.63, 3.8) is 0 Å². The largest absolute Gasteiger partial charge is 0.377 e. The molecule has 5 nitrogen and oxygen atoms in total. The Labute approximate surface area is 154 Å². The smallest absolute Gasteiger partial charge is 0.251 e. The monoisotopic (exact) mass is 354 g/mol. The van der Waals surface area contributed by atoms with Crippen LogP contribution in [0.15, 0.2) is 60.7 Å². The number of rotatable bonds is 10. The quantitative estimate of drug-likeness (QED) is 0.645. The highest BCUT2D eigenvalue weighted by Crippen LogP contribution is 2.01. The zero-order chi connectivity index (χ0) is 18.6. The van der Waals surface area contributed by atoms with Gasteiger partial charge in [-0.3, -0.25) is 9.59 Å². The van der Waals surface area contributed by atoms with Crippen LogP contribution in [0.2, 0.25) is 0 Å². The molecule has 2 N–H and O–H groups in total. The average Bonchev–Trinajstić information content (AvgIpc) is 2.66. The van der Waals surface area contributed by atoms with Crippen molar-refractivity contribution in [1.82, 2.24) is 10.6 Å². The molecule has 0 aliphatic carbocycles. The lowest BCUT2D eigenvalue weighted by Gasteiger charge is -2.14. The molecular weight excluding hydrogens is 328 g/mol. The fraction of sp³-hybridized carbons (Fsp3) is 0.333. The average molecular weight is 354 g/mol. The fourth-order valence-electron chi connectivity index (χ4n) is 2.46. The Hall–Kier alpha value is -2.66. The van der Waals surface area contributed by atoms with E-state index in [1.165, 1.54) is 0 Å². The molecule has 1 unspecified atom stereocenters. The number of carbonyl (C=O) groups excluding carboxylic acids is 2. The van der Waals surface area contributed by atoms with Gasteiger partial charge in [-0.1, -0.05) is 48.5 Å². The molecule has 26 heavy (non-hydrogen) atoms. The molecule has 5 heteroatoms. The van der Waals surface area contributed by atoms with Gasteiger partial charge in [0.15, 0.2) is 0 Å². The Kier molecular flexibility index (Phi) is 8.36. The summed E-state index contributed by atoms with van der Waals surface area (Å²) >= 11 is 0. The SMILES string of the molecule is CC(CC(=O)NCCCOCc1ccccc1)NC(=O)c1ccccc1. The van der Waals surface area contributed by atoms with Gasteiger partial charge < -0.3 is 15.4 Å². The highest BCUT2D eigenvalue weighted by atomic mass is 16.5. The lowest BCUT2D eigenvalue weighted by Crippen LogP contribution is -2.37. The third kappa shape index (κ3) is 7.49. The number of hydrogen-bond donors (Lipinski definition) is 2. The van der Waals surface area contributed by atoms with E-state index < -0.39 is 0 Å². The van der Waals surface area contributed by atoms with Gasteiger partial charge in [0, 0.05) is 31.2 Å². The first-order chi connectivity index (χ1) is 12.6. The predicted molar refractivity (Wildman–Crippen MR) is 102 cm³/mol. The topological polar surface area (TPSA) is 67.4 Å². The number of amides is 2. The molecule has 0 aliphatic rings. The van der Waals surface area contributed by atoms with Gasteiger partial charge in [0.1, 0.15) is 0 Å². The molecule has 1 atom stereocenters. The molecule has 138 valence electrons. The van der Waals surface area contributed by atoms with Crippen LogP contribution in [0.1, 0.15) is 35.7 Å². The molecular formula is C21H26N2O3. The maximum Gasteiger partial charge on any atom is 0.251 e. The number of nitrogens with one attached hydrogen (secondary N) is 2. The van der Waals surface area contributed by atoms with Gasteiger partial charge in [0.05, 0.1) is 6.61 Å². The highest BCUT2D eigenvalue weighted by molar-refractivity contribution is 5.94. The van der Waals surface area contributed by atoms with Gasteiger partial charge in [-0.2, -0.15) is 0 Å². The van der Waals surface area contributed by atoms with E-state index in [4.69, 9.17) is 4.74 Å². The van der Waals surface area contributed by atoms with Gasteiger partial charge in [0.25, 0.3) is 5.91 Å². The van der Waals surface area contributed by atoms with Gasteiger partial charge in [-0.05, 0) is 31.0 Å². The Balaban J connectivity index is 1.54. The van der Waals surface area contributed by atoms with Crippen molar-refractivity contribution in [1.29, 1.82) is 0 Å². The summed E-state index contributed by atoms with van der Waals surface area (Å²) in [6, 6.07) is 18.7. The minimum atomic E-state index is -0.225. The van der Waals surface area contributed by atoms with E-state index in [-0.39, 0.29) is 24.3 Å². The maximum atomic E-state index is 12.0. The van der Waals surface area contributed by atoms with Gasteiger partial charge in [-0.15, -0.1) is 0 Å². The van der Waals surface area contributed by atoms with Crippen LogP contribution in [-0.4, -0.2) is 31.0 Å². The summed E-state index contributed by atoms with van der Waals surface area (Å²) in [7, 11) is 0. The van der Waals surface area contributed by atoms with Gasteiger partial charge >= 0.3 is 0 Å².